The van der Waals surface area contributed by atoms with E-state index in [0.29, 0.717) is 0 Å². The highest BCUT2D eigenvalue weighted by molar-refractivity contribution is 7.51. The summed E-state index contributed by atoms with van der Waals surface area (Å²) in [5, 5.41) is 0. The van der Waals surface area contributed by atoms with Gasteiger partial charge in [-0.05, 0) is 0 Å². The van der Waals surface area contributed by atoms with Crippen LogP contribution in [0.5, 0.6) is 0 Å². The summed E-state index contributed by atoms with van der Waals surface area (Å²) in [5.41, 5.74) is 0.0130. The van der Waals surface area contributed by atoms with Crippen LogP contribution < -0.4 is 5.56 Å². The van der Waals surface area contributed by atoms with Gasteiger partial charge in [-0.1, -0.05) is 0 Å². The fourth-order valence-corrected chi connectivity index (χ4v) is 2.07. The van der Waals surface area contributed by atoms with Gasteiger partial charge in [-0.2, -0.15) is 0 Å². The van der Waals surface area contributed by atoms with E-state index in [1.54, 1.807) is 0 Å². The van der Waals surface area contributed by atoms with Gasteiger partial charge in [-0.25, -0.2) is 14.4 Å². The van der Waals surface area contributed by atoms with E-state index in [9.17, 15) is 13.8 Å². The Bertz CT molecular complexity index is 711. The summed E-state index contributed by atoms with van der Waals surface area (Å²) < 4.78 is 30.1. The van der Waals surface area contributed by atoms with Gasteiger partial charge in [-0.15, -0.1) is 0 Å². The monoisotopic (exact) mass is 320 g/mol. The van der Waals surface area contributed by atoms with Crippen molar-refractivity contribution < 1.29 is 23.5 Å². The van der Waals surface area contributed by atoms with Crippen LogP contribution in [-0.2, 0) is 15.8 Å². The van der Waals surface area contributed by atoms with Crippen molar-refractivity contribution in [3.05, 3.63) is 23.0 Å². The maximum Gasteiger partial charge on any atom is 0.327 e. The lowest BCUT2D eigenvalue weighted by Gasteiger charge is -2.15. The van der Waals surface area contributed by atoms with Gasteiger partial charge in [0.2, 0.25) is 0 Å². The third-order valence-corrected chi connectivity index (χ3v) is 3.48. The molecule has 0 aliphatic rings. The number of aromatic amines is 1. The molecule has 0 aromatic carbocycles. The topological polar surface area (TPSA) is 130 Å². The van der Waals surface area contributed by atoms with E-state index in [1.807, 2.05) is 0 Å². The Hall–Kier alpha value is -1.61. The molecule has 1 unspecified atom stereocenters. The molecule has 0 radical (unpaired) electrons. The van der Waals surface area contributed by atoms with Gasteiger partial charge in [-0.3, -0.25) is 9.36 Å². The van der Waals surface area contributed by atoms with Crippen molar-refractivity contribution in [3.63, 3.8) is 0 Å². The summed E-state index contributed by atoms with van der Waals surface area (Å²) in [5.74, 6) is 0. The zero-order chi connectivity index (χ0) is 15.5. The van der Waals surface area contributed by atoms with E-state index in [0.717, 1.165) is 0 Å². The lowest BCUT2D eigenvalue weighted by molar-refractivity contribution is 0.0331. The largest absolute Gasteiger partial charge is 0.373 e. The number of aromatic nitrogens is 4. The predicted molar refractivity (Wildman–Crippen MR) is 70.8 cm³/mol. The van der Waals surface area contributed by atoms with Crippen molar-refractivity contribution in [1.82, 2.24) is 19.5 Å². The number of nitrogens with zero attached hydrogens (tertiary/aromatic N) is 3. The fraction of sp³-hybridized carbons (Fsp3) is 0.500. The Balaban J connectivity index is 2.05. The van der Waals surface area contributed by atoms with Crippen molar-refractivity contribution >= 4 is 18.8 Å². The molecule has 3 N–H and O–H groups in total. The van der Waals surface area contributed by atoms with E-state index in [-0.39, 0.29) is 24.3 Å². The molecule has 1 atom stereocenters. The second kappa shape index (κ2) is 6.44. The molecule has 116 valence electrons. The number of rotatable bonds is 7. The highest BCUT2D eigenvalue weighted by atomic mass is 31.2. The molecule has 2 rings (SSSR count). The molecule has 2 heterocycles. The highest BCUT2D eigenvalue weighted by Gasteiger charge is 2.17. The number of ether oxygens (including phenoxy) is 1. The average Bonchev–Trinajstić information content (AvgIpc) is 2.81. The van der Waals surface area contributed by atoms with Crippen molar-refractivity contribution in [2.75, 3.05) is 19.4 Å². The third kappa shape index (κ3) is 4.18. The quantitative estimate of drug-likeness (QED) is 0.594. The first-order valence-electron chi connectivity index (χ1n) is 6.01. The molecule has 0 spiro atoms. The fourth-order valence-electron chi connectivity index (χ4n) is 1.73. The van der Waals surface area contributed by atoms with Crippen LogP contribution in [0.1, 0.15) is 0 Å². The van der Waals surface area contributed by atoms with Crippen molar-refractivity contribution in [1.29, 1.82) is 0 Å². The molecular weight excluding hydrogens is 306 g/mol. The van der Waals surface area contributed by atoms with E-state index >= 15 is 0 Å². The predicted octanol–water partition coefficient (Wildman–Crippen LogP) is -0.348. The van der Waals surface area contributed by atoms with Gasteiger partial charge in [0, 0.05) is 0 Å². The summed E-state index contributed by atoms with van der Waals surface area (Å²) in [6.45, 7) is -1.08. The van der Waals surface area contributed by atoms with Crippen LogP contribution >= 0.6 is 7.60 Å². The number of H-pyrrole nitrogens is 1. The number of imidazole rings is 1. The van der Waals surface area contributed by atoms with Gasteiger partial charge >= 0.3 is 7.60 Å². The van der Waals surface area contributed by atoms with Crippen LogP contribution in [0, 0.1) is 0 Å². The molecule has 0 bridgehead atoms. The third-order valence-electron chi connectivity index (χ3n) is 2.72. The number of nitrogens with one attached hydrogen (secondary N) is 1. The Morgan fingerprint density at radius 3 is 2.90 bits per heavy atom. The van der Waals surface area contributed by atoms with Gasteiger partial charge in [0.05, 0.1) is 32.0 Å². The molecule has 2 aromatic rings. The lowest BCUT2D eigenvalue weighted by Crippen LogP contribution is -2.24. The van der Waals surface area contributed by atoms with E-state index < -0.39 is 32.1 Å². The first-order valence-corrected chi connectivity index (χ1v) is 7.81. The SMILES string of the molecule is O=c1[nH]cnc2c1ncn2CC(CF)OCCP(=O)(O)O. The van der Waals surface area contributed by atoms with E-state index in [1.165, 1.54) is 17.2 Å². The molecule has 0 fully saturated rings. The second-order valence-corrected chi connectivity index (χ2v) is 6.11. The van der Waals surface area contributed by atoms with Crippen LogP contribution in [0.15, 0.2) is 17.4 Å². The minimum absolute atomic E-state index is 0.0324. The molecular formula is C10H14FN4O5P. The number of hydrogen-bond donors (Lipinski definition) is 3. The molecule has 11 heteroatoms. The van der Waals surface area contributed by atoms with E-state index in [4.69, 9.17) is 14.5 Å². The van der Waals surface area contributed by atoms with Crippen molar-refractivity contribution in [2.24, 2.45) is 0 Å². The summed E-state index contributed by atoms with van der Waals surface area (Å²) in [6, 6.07) is 0. The molecule has 0 amide bonds. The van der Waals surface area contributed by atoms with Crippen molar-refractivity contribution in [3.8, 4) is 0 Å². The first kappa shape index (κ1) is 15.8. The normalized spacial score (nSPS) is 13.7. The standard InChI is InChI=1S/C10H14FN4O5P/c11-3-7(20-1-2-21(17,18)19)4-15-6-14-8-9(15)12-5-13-10(8)16/h5-7H,1-4H2,(H,12,13,16)(H2,17,18,19). The molecule has 2 aromatic heterocycles. The number of hydrogen-bond acceptors (Lipinski definition) is 5. The zero-order valence-electron chi connectivity index (χ0n) is 10.8. The van der Waals surface area contributed by atoms with Gasteiger partial charge in [0.25, 0.3) is 5.56 Å². The van der Waals surface area contributed by atoms with Gasteiger partial charge in [0.15, 0.2) is 11.2 Å². The van der Waals surface area contributed by atoms with E-state index in [2.05, 4.69) is 15.0 Å². The van der Waals surface area contributed by atoms with Gasteiger partial charge in [0.1, 0.15) is 12.8 Å². The smallest absolute Gasteiger partial charge is 0.327 e. The summed E-state index contributed by atoms with van der Waals surface area (Å²) in [4.78, 5) is 39.1. The molecule has 9 nitrogen and oxygen atoms in total. The second-order valence-electron chi connectivity index (χ2n) is 4.34. The summed E-state index contributed by atoms with van der Waals surface area (Å²) >= 11 is 0. The first-order chi connectivity index (χ1) is 9.90. The number of halogens is 1. The highest BCUT2D eigenvalue weighted by Crippen LogP contribution is 2.33. The maximum absolute atomic E-state index is 12.9. The molecule has 0 aliphatic heterocycles. The Morgan fingerprint density at radius 2 is 2.24 bits per heavy atom. The van der Waals surface area contributed by atoms with Crippen LogP contribution in [0.3, 0.4) is 0 Å². The number of alkyl halides is 1. The van der Waals surface area contributed by atoms with Crippen LogP contribution in [0.2, 0.25) is 0 Å². The van der Waals surface area contributed by atoms with Crippen LogP contribution in [0.4, 0.5) is 4.39 Å². The van der Waals surface area contributed by atoms with Gasteiger partial charge < -0.3 is 24.1 Å². The summed E-state index contributed by atoms with van der Waals surface area (Å²) in [7, 11) is -4.17. The minimum atomic E-state index is -4.17. The van der Waals surface area contributed by atoms with Crippen LogP contribution in [-0.4, -0.2) is 54.9 Å². The average molecular weight is 320 g/mol. The Labute approximate surface area is 118 Å². The Kier molecular flexibility index (Phi) is 4.84. The molecule has 0 saturated carbocycles. The maximum atomic E-state index is 12.9. The zero-order valence-corrected chi connectivity index (χ0v) is 11.7. The molecule has 0 saturated heterocycles. The lowest BCUT2D eigenvalue weighted by atomic mass is 10.4. The molecule has 0 aliphatic carbocycles. The minimum Gasteiger partial charge on any atom is -0.373 e. The molecule has 21 heavy (non-hydrogen) atoms. The number of fused-ring (bicyclic) bond motifs is 1. The van der Waals surface area contributed by atoms with Crippen LogP contribution in [0.25, 0.3) is 11.2 Å². The summed E-state index contributed by atoms with van der Waals surface area (Å²) in [6.07, 6.45) is 1.16. The van der Waals surface area contributed by atoms with Crippen molar-refractivity contribution in [2.45, 2.75) is 12.6 Å². The Morgan fingerprint density at radius 1 is 1.48 bits per heavy atom.